The SMILES string of the molecule is CCCCCCCCCCCCC(CCCC)CC(C(=O)O)C(=O)O.[CaH2]. The predicted octanol–water partition coefficient (Wildman–Crippen LogP) is 5.36. The van der Waals surface area contributed by atoms with Gasteiger partial charge in [-0.2, -0.15) is 0 Å². The molecular weight excluding hydrogens is 356 g/mol. The van der Waals surface area contributed by atoms with Crippen molar-refractivity contribution in [2.45, 2.75) is 110 Å². The van der Waals surface area contributed by atoms with Gasteiger partial charge in [-0.05, 0) is 12.3 Å². The first-order chi connectivity index (χ1) is 12.0. The van der Waals surface area contributed by atoms with E-state index in [0.29, 0.717) is 0 Å². The third-order valence-corrected chi connectivity index (χ3v) is 5.10. The molecule has 0 aromatic heterocycles. The standard InChI is InChI=1S/C21H40O4.Ca.2H/c1-3-5-7-8-9-10-11-12-13-14-16-18(15-6-4-2)17-19(20(22)23)21(24)25;;;/h18-19H,3-17H2,1-2H3,(H,22,23)(H,24,25);;;. The van der Waals surface area contributed by atoms with Crippen LogP contribution in [0.25, 0.3) is 0 Å². The molecule has 1 unspecified atom stereocenters. The van der Waals surface area contributed by atoms with Crippen LogP contribution in [0, 0.1) is 11.8 Å². The van der Waals surface area contributed by atoms with Gasteiger partial charge < -0.3 is 10.2 Å². The minimum absolute atomic E-state index is 0. The fourth-order valence-electron chi connectivity index (χ4n) is 3.43. The summed E-state index contributed by atoms with van der Waals surface area (Å²) in [6, 6.07) is 0. The average Bonchev–Trinajstić information content (AvgIpc) is 2.57. The molecule has 26 heavy (non-hydrogen) atoms. The molecule has 0 aromatic rings. The zero-order valence-electron chi connectivity index (χ0n) is 16.5. The van der Waals surface area contributed by atoms with E-state index in [4.69, 9.17) is 10.2 Å². The number of rotatable bonds is 18. The van der Waals surface area contributed by atoms with Gasteiger partial charge >= 0.3 is 49.7 Å². The van der Waals surface area contributed by atoms with Crippen LogP contribution < -0.4 is 0 Å². The summed E-state index contributed by atoms with van der Waals surface area (Å²) in [5, 5.41) is 18.2. The Morgan fingerprint density at radius 1 is 0.654 bits per heavy atom. The Morgan fingerprint density at radius 3 is 1.46 bits per heavy atom. The van der Waals surface area contributed by atoms with Gasteiger partial charge in [0.15, 0.2) is 5.92 Å². The molecule has 4 nitrogen and oxygen atoms in total. The Morgan fingerprint density at radius 2 is 1.04 bits per heavy atom. The van der Waals surface area contributed by atoms with Gasteiger partial charge in [0.1, 0.15) is 0 Å². The van der Waals surface area contributed by atoms with Crippen molar-refractivity contribution in [3.05, 3.63) is 0 Å². The van der Waals surface area contributed by atoms with Gasteiger partial charge in [0, 0.05) is 0 Å². The fourth-order valence-corrected chi connectivity index (χ4v) is 3.43. The van der Waals surface area contributed by atoms with Crippen LogP contribution in [-0.2, 0) is 9.59 Å². The van der Waals surface area contributed by atoms with Gasteiger partial charge in [-0.25, -0.2) is 0 Å². The summed E-state index contributed by atoms with van der Waals surface area (Å²) < 4.78 is 0. The van der Waals surface area contributed by atoms with Crippen molar-refractivity contribution in [2.75, 3.05) is 0 Å². The van der Waals surface area contributed by atoms with Crippen molar-refractivity contribution in [2.24, 2.45) is 11.8 Å². The Labute approximate surface area is 190 Å². The van der Waals surface area contributed by atoms with Crippen molar-refractivity contribution >= 4 is 49.7 Å². The van der Waals surface area contributed by atoms with Gasteiger partial charge in [0.2, 0.25) is 0 Å². The molecule has 0 amide bonds. The third-order valence-electron chi connectivity index (χ3n) is 5.10. The van der Waals surface area contributed by atoms with Gasteiger partial charge in [-0.1, -0.05) is 104 Å². The molecule has 0 spiro atoms. The summed E-state index contributed by atoms with van der Waals surface area (Å²) >= 11 is 0. The molecule has 0 aliphatic heterocycles. The van der Waals surface area contributed by atoms with E-state index >= 15 is 0 Å². The normalized spacial score (nSPS) is 12.0. The van der Waals surface area contributed by atoms with Gasteiger partial charge in [0.25, 0.3) is 0 Å². The number of carboxylic acids is 2. The number of hydrogen-bond donors (Lipinski definition) is 2. The van der Waals surface area contributed by atoms with Gasteiger partial charge in [-0.15, -0.1) is 0 Å². The number of carboxylic acid groups (broad SMARTS) is 2. The van der Waals surface area contributed by atoms with Crippen LogP contribution >= 0.6 is 0 Å². The minimum atomic E-state index is -1.25. The molecule has 0 aliphatic rings. The van der Waals surface area contributed by atoms with Crippen LogP contribution in [-0.4, -0.2) is 59.9 Å². The summed E-state index contributed by atoms with van der Waals surface area (Å²) in [5.74, 6) is -3.41. The Kier molecular flexibility index (Phi) is 21.8. The van der Waals surface area contributed by atoms with Crippen molar-refractivity contribution in [3.8, 4) is 0 Å². The Bertz CT molecular complexity index is 333. The monoisotopic (exact) mass is 398 g/mol. The van der Waals surface area contributed by atoms with Gasteiger partial charge in [0.05, 0.1) is 0 Å². The van der Waals surface area contributed by atoms with E-state index in [1.807, 2.05) is 0 Å². The van der Waals surface area contributed by atoms with E-state index in [-0.39, 0.29) is 50.1 Å². The maximum absolute atomic E-state index is 11.1. The van der Waals surface area contributed by atoms with E-state index < -0.39 is 17.9 Å². The second kappa shape index (κ2) is 19.9. The van der Waals surface area contributed by atoms with Crippen LogP contribution in [0.3, 0.4) is 0 Å². The van der Waals surface area contributed by atoms with E-state index in [9.17, 15) is 9.59 Å². The summed E-state index contributed by atoms with van der Waals surface area (Å²) in [4.78, 5) is 22.2. The molecular formula is C21H42CaO4. The molecule has 0 aliphatic carbocycles. The number of hydrogen-bond acceptors (Lipinski definition) is 2. The van der Waals surface area contributed by atoms with Crippen molar-refractivity contribution < 1.29 is 19.8 Å². The molecule has 0 fully saturated rings. The molecule has 0 saturated heterocycles. The molecule has 0 bridgehead atoms. The van der Waals surface area contributed by atoms with E-state index in [0.717, 1.165) is 32.1 Å². The second-order valence-electron chi connectivity index (χ2n) is 7.44. The van der Waals surface area contributed by atoms with Gasteiger partial charge in [-0.3, -0.25) is 9.59 Å². The third kappa shape index (κ3) is 16.4. The first kappa shape index (κ1) is 28.4. The zero-order valence-corrected chi connectivity index (χ0v) is 16.5. The molecule has 2 N–H and O–H groups in total. The van der Waals surface area contributed by atoms with Crippen LogP contribution in [0.1, 0.15) is 110 Å². The topological polar surface area (TPSA) is 74.6 Å². The second-order valence-corrected chi connectivity index (χ2v) is 7.44. The van der Waals surface area contributed by atoms with Crippen molar-refractivity contribution in [1.82, 2.24) is 0 Å². The summed E-state index contributed by atoms with van der Waals surface area (Å²) in [6.07, 6.45) is 17.2. The molecule has 0 radical (unpaired) electrons. The summed E-state index contributed by atoms with van der Waals surface area (Å²) in [7, 11) is 0. The zero-order chi connectivity index (χ0) is 18.9. The number of unbranched alkanes of at least 4 members (excludes halogenated alkanes) is 10. The van der Waals surface area contributed by atoms with Crippen molar-refractivity contribution in [3.63, 3.8) is 0 Å². The molecule has 0 saturated carbocycles. The average molecular weight is 399 g/mol. The molecule has 0 heterocycles. The molecule has 5 heteroatoms. The fraction of sp³-hybridized carbons (Fsp3) is 0.905. The van der Waals surface area contributed by atoms with Crippen molar-refractivity contribution in [1.29, 1.82) is 0 Å². The van der Waals surface area contributed by atoms with Crippen LogP contribution in [0.4, 0.5) is 0 Å². The quantitative estimate of drug-likeness (QED) is 0.185. The predicted molar refractivity (Wildman–Crippen MR) is 111 cm³/mol. The van der Waals surface area contributed by atoms with Crippen LogP contribution in [0.15, 0.2) is 0 Å². The van der Waals surface area contributed by atoms with E-state index in [1.165, 1.54) is 57.8 Å². The molecule has 0 aromatic carbocycles. The van der Waals surface area contributed by atoms with Crippen LogP contribution in [0.2, 0.25) is 0 Å². The number of carbonyl (C=O) groups is 2. The van der Waals surface area contributed by atoms with E-state index in [2.05, 4.69) is 13.8 Å². The first-order valence-electron chi connectivity index (χ1n) is 10.5. The Hall–Kier alpha value is 0.200. The van der Waals surface area contributed by atoms with Crippen LogP contribution in [0.5, 0.6) is 0 Å². The van der Waals surface area contributed by atoms with E-state index in [1.54, 1.807) is 0 Å². The Balaban J connectivity index is 0. The maximum atomic E-state index is 11.1. The number of aliphatic carboxylic acids is 2. The summed E-state index contributed by atoms with van der Waals surface area (Å²) in [6.45, 7) is 4.35. The molecule has 0 rings (SSSR count). The summed E-state index contributed by atoms with van der Waals surface area (Å²) in [5.41, 5.74) is 0. The first-order valence-corrected chi connectivity index (χ1v) is 10.5. The molecule has 1 atom stereocenters. The molecule has 152 valence electrons.